The molecule has 1 saturated carbocycles. The number of hydrogen-bond acceptors (Lipinski definition) is 7. The molecule has 8 heteroatoms. The van der Waals surface area contributed by atoms with E-state index in [2.05, 4.69) is 6.92 Å². The molecule has 0 bridgehead atoms. The Morgan fingerprint density at radius 2 is 1.62 bits per heavy atom. The van der Waals surface area contributed by atoms with Crippen LogP contribution in [0, 0.1) is 11.3 Å². The quantitative estimate of drug-likeness (QED) is 0.467. The lowest BCUT2D eigenvalue weighted by atomic mass is 9.49. The molecule has 0 aromatic heterocycles. The highest BCUT2D eigenvalue weighted by Gasteiger charge is 2.55. The first-order valence-corrected chi connectivity index (χ1v) is 11.7. The van der Waals surface area contributed by atoms with E-state index >= 15 is 0 Å². The van der Waals surface area contributed by atoms with Gasteiger partial charge in [-0.05, 0) is 61.1 Å². The van der Waals surface area contributed by atoms with E-state index < -0.39 is 35.2 Å². The standard InChI is InChI=1S/C26H34O8/c1-15(27)32-13-19(14-33-16(2)28)20-11-18-7-8-23-25(4,9-6-10-26(23,5)24(30)31)21(18)12-22(20)34-17(3)29/h11-12,19,23H,6-10,13-14H2,1-5H3,(H,30,31)/t23-,25-,26+/m1/s1. The lowest BCUT2D eigenvalue weighted by Gasteiger charge is -2.53. The van der Waals surface area contributed by atoms with Crippen molar-refractivity contribution in [3.63, 3.8) is 0 Å². The minimum Gasteiger partial charge on any atom is -0.481 e. The molecule has 0 aliphatic heterocycles. The second-order valence-corrected chi connectivity index (χ2v) is 10.0. The molecular formula is C26H34O8. The van der Waals surface area contributed by atoms with Crippen LogP contribution in [-0.2, 0) is 40.5 Å². The van der Waals surface area contributed by atoms with Crippen LogP contribution < -0.4 is 4.74 Å². The molecular weight excluding hydrogens is 440 g/mol. The summed E-state index contributed by atoms with van der Waals surface area (Å²) in [6.07, 6.45) is 3.69. The first kappa shape index (κ1) is 25.7. The molecule has 1 fully saturated rings. The van der Waals surface area contributed by atoms with E-state index in [1.165, 1.54) is 20.8 Å². The number of carbonyl (C=O) groups is 4. The van der Waals surface area contributed by atoms with Crippen LogP contribution in [0.3, 0.4) is 0 Å². The second kappa shape index (κ2) is 9.76. The predicted octanol–water partition coefficient (Wildman–Crippen LogP) is 3.92. The second-order valence-electron chi connectivity index (χ2n) is 10.0. The molecule has 3 atom stereocenters. The van der Waals surface area contributed by atoms with E-state index in [4.69, 9.17) is 14.2 Å². The van der Waals surface area contributed by atoms with Crippen LogP contribution in [-0.4, -0.2) is 42.2 Å². The summed E-state index contributed by atoms with van der Waals surface area (Å²) in [5.74, 6) is -2.46. The molecule has 2 aliphatic carbocycles. The molecule has 0 amide bonds. The Bertz CT molecular complexity index is 981. The van der Waals surface area contributed by atoms with E-state index in [1.54, 1.807) is 0 Å². The van der Waals surface area contributed by atoms with E-state index in [1.807, 2.05) is 19.1 Å². The number of aryl methyl sites for hydroxylation is 1. The average molecular weight is 475 g/mol. The first-order chi connectivity index (χ1) is 15.9. The highest BCUT2D eigenvalue weighted by molar-refractivity contribution is 5.76. The molecule has 3 rings (SSSR count). The minimum absolute atomic E-state index is 0.0351. The largest absolute Gasteiger partial charge is 0.481 e. The number of fused-ring (bicyclic) bond motifs is 3. The molecule has 34 heavy (non-hydrogen) atoms. The maximum atomic E-state index is 12.2. The Balaban J connectivity index is 2.11. The number of esters is 3. The van der Waals surface area contributed by atoms with Crippen molar-refractivity contribution in [2.45, 2.75) is 78.1 Å². The molecule has 1 aromatic rings. The fraction of sp³-hybridized carbons (Fsp3) is 0.615. The van der Waals surface area contributed by atoms with Crippen LogP contribution in [0.5, 0.6) is 5.75 Å². The molecule has 2 aliphatic rings. The Hall–Kier alpha value is -2.90. The van der Waals surface area contributed by atoms with E-state index in [9.17, 15) is 24.3 Å². The van der Waals surface area contributed by atoms with Crippen molar-refractivity contribution in [3.8, 4) is 5.75 Å². The van der Waals surface area contributed by atoms with Crippen molar-refractivity contribution < 1.29 is 38.5 Å². The van der Waals surface area contributed by atoms with Crippen LogP contribution in [0.25, 0.3) is 0 Å². The number of rotatable bonds is 7. The van der Waals surface area contributed by atoms with Gasteiger partial charge in [0, 0.05) is 26.3 Å². The molecule has 0 saturated heterocycles. The Labute approximate surface area is 199 Å². The van der Waals surface area contributed by atoms with Gasteiger partial charge in [0.15, 0.2) is 0 Å². The fourth-order valence-corrected chi connectivity index (χ4v) is 6.00. The third kappa shape index (κ3) is 4.95. The summed E-state index contributed by atoms with van der Waals surface area (Å²) in [5, 5.41) is 10.0. The molecule has 1 N–H and O–H groups in total. The van der Waals surface area contributed by atoms with Gasteiger partial charge < -0.3 is 19.3 Å². The topological polar surface area (TPSA) is 116 Å². The number of benzene rings is 1. The van der Waals surface area contributed by atoms with Crippen LogP contribution in [0.15, 0.2) is 12.1 Å². The monoisotopic (exact) mass is 474 g/mol. The summed E-state index contributed by atoms with van der Waals surface area (Å²) in [4.78, 5) is 47.1. The highest BCUT2D eigenvalue weighted by Crippen LogP contribution is 2.58. The van der Waals surface area contributed by atoms with E-state index in [0.29, 0.717) is 24.2 Å². The number of aliphatic carboxylic acids is 1. The maximum Gasteiger partial charge on any atom is 0.309 e. The molecule has 0 unspecified atom stereocenters. The van der Waals surface area contributed by atoms with Crippen LogP contribution >= 0.6 is 0 Å². The molecule has 1 aromatic carbocycles. The summed E-state index contributed by atoms with van der Waals surface area (Å²) in [6, 6.07) is 3.79. The summed E-state index contributed by atoms with van der Waals surface area (Å²) in [6.45, 7) is 7.79. The van der Waals surface area contributed by atoms with Gasteiger partial charge in [-0.2, -0.15) is 0 Å². The van der Waals surface area contributed by atoms with E-state index in [0.717, 1.165) is 30.4 Å². The normalized spacial score (nSPS) is 25.6. The summed E-state index contributed by atoms with van der Waals surface area (Å²) in [5.41, 5.74) is 1.46. The van der Waals surface area contributed by atoms with E-state index in [-0.39, 0.29) is 24.5 Å². The maximum absolute atomic E-state index is 12.2. The van der Waals surface area contributed by atoms with Gasteiger partial charge in [-0.1, -0.05) is 19.4 Å². The average Bonchev–Trinajstić information content (AvgIpc) is 2.73. The van der Waals surface area contributed by atoms with Gasteiger partial charge in [-0.15, -0.1) is 0 Å². The Morgan fingerprint density at radius 1 is 1.00 bits per heavy atom. The smallest absolute Gasteiger partial charge is 0.309 e. The first-order valence-electron chi connectivity index (χ1n) is 11.7. The minimum atomic E-state index is -0.821. The van der Waals surface area contributed by atoms with Gasteiger partial charge in [0.1, 0.15) is 19.0 Å². The summed E-state index contributed by atoms with van der Waals surface area (Å²) < 4.78 is 16.0. The molecule has 8 nitrogen and oxygen atoms in total. The number of carbonyl (C=O) groups excluding carboxylic acids is 3. The zero-order chi connectivity index (χ0) is 25.3. The van der Waals surface area contributed by atoms with Gasteiger partial charge >= 0.3 is 23.9 Å². The number of hydrogen-bond donors (Lipinski definition) is 1. The Kier molecular flexibility index (Phi) is 7.38. The molecule has 0 radical (unpaired) electrons. The third-order valence-electron chi connectivity index (χ3n) is 7.64. The highest BCUT2D eigenvalue weighted by atomic mass is 16.5. The van der Waals surface area contributed by atoms with Gasteiger partial charge in [0.25, 0.3) is 0 Å². The lowest BCUT2D eigenvalue weighted by Crippen LogP contribution is -2.52. The van der Waals surface area contributed by atoms with Crippen molar-refractivity contribution in [1.82, 2.24) is 0 Å². The van der Waals surface area contributed by atoms with Crippen LogP contribution in [0.4, 0.5) is 0 Å². The van der Waals surface area contributed by atoms with Crippen molar-refractivity contribution in [1.29, 1.82) is 0 Å². The van der Waals surface area contributed by atoms with Crippen LogP contribution in [0.1, 0.15) is 82.9 Å². The summed E-state index contributed by atoms with van der Waals surface area (Å²) >= 11 is 0. The fourth-order valence-electron chi connectivity index (χ4n) is 6.00. The Morgan fingerprint density at radius 3 is 2.15 bits per heavy atom. The van der Waals surface area contributed by atoms with Crippen molar-refractivity contribution in [2.75, 3.05) is 13.2 Å². The number of carboxylic acids is 1. The van der Waals surface area contributed by atoms with Crippen LogP contribution in [0.2, 0.25) is 0 Å². The van der Waals surface area contributed by atoms with Crippen molar-refractivity contribution in [3.05, 3.63) is 28.8 Å². The number of ether oxygens (including phenoxy) is 3. The van der Waals surface area contributed by atoms with Crippen molar-refractivity contribution >= 4 is 23.9 Å². The molecule has 0 spiro atoms. The lowest BCUT2D eigenvalue weighted by molar-refractivity contribution is -0.157. The number of carboxylic acid groups (broad SMARTS) is 1. The molecule has 0 heterocycles. The van der Waals surface area contributed by atoms with Gasteiger partial charge in [-0.3, -0.25) is 19.2 Å². The van der Waals surface area contributed by atoms with Crippen molar-refractivity contribution in [2.24, 2.45) is 11.3 Å². The molecule has 186 valence electrons. The zero-order valence-corrected chi connectivity index (χ0v) is 20.6. The summed E-state index contributed by atoms with van der Waals surface area (Å²) in [7, 11) is 0. The van der Waals surface area contributed by atoms with Gasteiger partial charge in [0.05, 0.1) is 11.3 Å². The van der Waals surface area contributed by atoms with Gasteiger partial charge in [0.2, 0.25) is 0 Å². The SMILES string of the molecule is CC(=O)OCC(COC(C)=O)c1cc2c(cc1OC(C)=O)[C@@]1(C)CCC[C@](C)(C(=O)O)[C@@H]1CC2. The zero-order valence-electron chi connectivity index (χ0n) is 20.6. The third-order valence-corrected chi connectivity index (χ3v) is 7.64. The predicted molar refractivity (Wildman–Crippen MR) is 123 cm³/mol. The van der Waals surface area contributed by atoms with Gasteiger partial charge in [-0.25, -0.2) is 0 Å².